The first-order valence-electron chi connectivity index (χ1n) is 8.70. The van der Waals surface area contributed by atoms with Gasteiger partial charge in [0, 0.05) is 5.56 Å². The van der Waals surface area contributed by atoms with Crippen molar-refractivity contribution in [1.82, 2.24) is 4.90 Å². The molecule has 138 valence electrons. The van der Waals surface area contributed by atoms with Crippen LogP contribution in [0.25, 0.3) is 5.57 Å². The van der Waals surface area contributed by atoms with Gasteiger partial charge in [-0.05, 0) is 32.4 Å². The molecule has 0 saturated heterocycles. The number of benzene rings is 1. The number of allylic oxidation sites excluding steroid dienone is 1. The number of fused-ring (bicyclic) bond motifs is 1. The molecule has 2 aliphatic heterocycles. The quantitative estimate of drug-likeness (QED) is 0.773. The highest BCUT2D eigenvalue weighted by molar-refractivity contribution is 6.23. The summed E-state index contributed by atoms with van der Waals surface area (Å²) in [6.45, 7) is 12.7. The second-order valence-electron chi connectivity index (χ2n) is 7.16. The fraction of sp³-hybridized carbons (Fsp3) is 0.227. The van der Waals surface area contributed by atoms with E-state index in [9.17, 15) is 14.4 Å². The summed E-state index contributed by atoms with van der Waals surface area (Å²) in [5.41, 5.74) is 2.58. The molecule has 5 nitrogen and oxygen atoms in total. The van der Waals surface area contributed by atoms with Gasteiger partial charge in [-0.3, -0.25) is 19.3 Å². The van der Waals surface area contributed by atoms with Gasteiger partial charge >= 0.3 is 0 Å². The molecule has 5 heteroatoms. The Balaban J connectivity index is 1.95. The van der Waals surface area contributed by atoms with Crippen molar-refractivity contribution in [2.75, 3.05) is 11.4 Å². The summed E-state index contributed by atoms with van der Waals surface area (Å²) >= 11 is 0. The number of carbonyl (C=O) groups is 3. The smallest absolute Gasteiger partial charge is 0.262 e. The van der Waals surface area contributed by atoms with Crippen LogP contribution in [-0.4, -0.2) is 34.7 Å². The number of carbonyl (C=O) groups excluding carboxylic acids is 3. The van der Waals surface area contributed by atoms with Crippen LogP contribution < -0.4 is 4.90 Å². The van der Waals surface area contributed by atoms with E-state index in [1.165, 1.54) is 12.2 Å². The van der Waals surface area contributed by atoms with Crippen LogP contribution in [0, 0.1) is 0 Å². The van der Waals surface area contributed by atoms with Gasteiger partial charge in [0.1, 0.15) is 6.54 Å². The molecule has 0 aliphatic carbocycles. The summed E-state index contributed by atoms with van der Waals surface area (Å²) in [6.07, 6.45) is 4.67. The Morgan fingerprint density at radius 3 is 2.19 bits per heavy atom. The molecule has 1 aromatic carbocycles. The lowest BCUT2D eigenvalue weighted by molar-refractivity contribution is -0.141. The molecule has 0 radical (unpaired) electrons. The van der Waals surface area contributed by atoms with E-state index in [-0.39, 0.29) is 23.6 Å². The molecule has 0 aromatic heterocycles. The number of para-hydroxylation sites is 1. The van der Waals surface area contributed by atoms with Crippen LogP contribution in [0.2, 0.25) is 0 Å². The highest BCUT2D eigenvalue weighted by Gasteiger charge is 2.41. The topological polar surface area (TPSA) is 57.7 Å². The van der Waals surface area contributed by atoms with E-state index >= 15 is 0 Å². The monoisotopic (exact) mass is 362 g/mol. The standard InChI is InChI=1S/C22H22N2O3/c1-6-15-16(7-2)21(27)23(20(15)26)13-19(25)24-18-11-9-8-10-17(18)14(3)12-22(24,4)5/h6-12H,1-2,13H2,3-5H3. The second kappa shape index (κ2) is 6.50. The Kier molecular flexibility index (Phi) is 4.47. The number of amides is 3. The van der Waals surface area contributed by atoms with E-state index in [1.54, 1.807) is 4.90 Å². The number of hydrogen-bond donors (Lipinski definition) is 0. The first-order valence-corrected chi connectivity index (χ1v) is 8.70. The van der Waals surface area contributed by atoms with Gasteiger partial charge in [-0.1, -0.05) is 49.6 Å². The first-order chi connectivity index (χ1) is 12.7. The predicted molar refractivity (Wildman–Crippen MR) is 106 cm³/mol. The third-order valence-corrected chi connectivity index (χ3v) is 4.91. The fourth-order valence-corrected chi connectivity index (χ4v) is 3.80. The number of nitrogens with zero attached hydrogens (tertiary/aromatic N) is 2. The van der Waals surface area contributed by atoms with Gasteiger partial charge < -0.3 is 4.90 Å². The Bertz CT molecular complexity index is 920. The average molecular weight is 362 g/mol. The van der Waals surface area contributed by atoms with E-state index in [0.717, 1.165) is 21.7 Å². The molecule has 3 rings (SSSR count). The first kappa shape index (κ1) is 18.6. The molecule has 0 fully saturated rings. The molecule has 0 atom stereocenters. The predicted octanol–water partition coefficient (Wildman–Crippen LogP) is 3.25. The molecule has 3 amide bonds. The van der Waals surface area contributed by atoms with Crippen molar-refractivity contribution in [3.05, 3.63) is 72.4 Å². The third kappa shape index (κ3) is 2.85. The molecule has 0 spiro atoms. The van der Waals surface area contributed by atoms with E-state index in [1.807, 2.05) is 51.1 Å². The van der Waals surface area contributed by atoms with E-state index in [2.05, 4.69) is 13.2 Å². The van der Waals surface area contributed by atoms with Crippen molar-refractivity contribution < 1.29 is 14.4 Å². The minimum atomic E-state index is -0.586. The Morgan fingerprint density at radius 2 is 1.63 bits per heavy atom. The normalized spacial score (nSPS) is 18.4. The van der Waals surface area contributed by atoms with Gasteiger partial charge in [0.2, 0.25) is 5.91 Å². The van der Waals surface area contributed by atoms with Gasteiger partial charge in [0.15, 0.2) is 0 Å². The maximum absolute atomic E-state index is 13.2. The van der Waals surface area contributed by atoms with Gasteiger partial charge in [0.05, 0.1) is 22.4 Å². The number of hydrogen-bond acceptors (Lipinski definition) is 3. The summed E-state index contributed by atoms with van der Waals surface area (Å²) in [7, 11) is 0. The van der Waals surface area contributed by atoms with Crippen LogP contribution in [0.4, 0.5) is 5.69 Å². The minimum Gasteiger partial charge on any atom is -0.301 e. The molecule has 2 aliphatic rings. The van der Waals surface area contributed by atoms with Crippen molar-refractivity contribution in [1.29, 1.82) is 0 Å². The van der Waals surface area contributed by atoms with Crippen molar-refractivity contribution in [3.8, 4) is 0 Å². The number of imide groups is 1. The largest absolute Gasteiger partial charge is 0.301 e. The Hall–Kier alpha value is -3.21. The third-order valence-electron chi connectivity index (χ3n) is 4.91. The highest BCUT2D eigenvalue weighted by atomic mass is 16.2. The molecular weight excluding hydrogens is 340 g/mol. The second-order valence-corrected chi connectivity index (χ2v) is 7.16. The summed E-state index contributed by atoms with van der Waals surface area (Å²) in [4.78, 5) is 40.9. The maximum atomic E-state index is 13.2. The number of anilines is 1. The number of rotatable bonds is 4. The summed E-state index contributed by atoms with van der Waals surface area (Å²) in [6, 6.07) is 7.62. The molecule has 0 N–H and O–H groups in total. The lowest BCUT2D eigenvalue weighted by Crippen LogP contribution is -2.53. The van der Waals surface area contributed by atoms with Crippen molar-refractivity contribution in [2.45, 2.75) is 26.3 Å². The highest BCUT2D eigenvalue weighted by Crippen LogP contribution is 2.39. The molecule has 0 unspecified atom stereocenters. The molecule has 27 heavy (non-hydrogen) atoms. The van der Waals surface area contributed by atoms with E-state index in [0.29, 0.717) is 0 Å². The van der Waals surface area contributed by atoms with Crippen LogP contribution in [0.15, 0.2) is 66.8 Å². The van der Waals surface area contributed by atoms with Crippen LogP contribution in [0.5, 0.6) is 0 Å². The zero-order valence-electron chi connectivity index (χ0n) is 15.8. The lowest BCUT2D eigenvalue weighted by Gasteiger charge is -2.42. The van der Waals surface area contributed by atoms with Crippen LogP contribution >= 0.6 is 0 Å². The molecular formula is C22H22N2O3. The van der Waals surface area contributed by atoms with Crippen LogP contribution in [0.1, 0.15) is 26.3 Å². The minimum absolute atomic E-state index is 0.178. The molecule has 2 heterocycles. The van der Waals surface area contributed by atoms with Gasteiger partial charge in [-0.15, -0.1) is 0 Å². The molecule has 0 bridgehead atoms. The molecule has 0 saturated carbocycles. The molecule has 1 aromatic rings. The zero-order valence-corrected chi connectivity index (χ0v) is 15.8. The van der Waals surface area contributed by atoms with Crippen LogP contribution in [-0.2, 0) is 14.4 Å². The summed E-state index contributed by atoms with van der Waals surface area (Å²) in [5.74, 6) is -1.37. The van der Waals surface area contributed by atoms with E-state index in [4.69, 9.17) is 0 Å². The van der Waals surface area contributed by atoms with E-state index < -0.39 is 17.4 Å². The summed E-state index contributed by atoms with van der Waals surface area (Å²) in [5, 5.41) is 0. The average Bonchev–Trinajstić information content (AvgIpc) is 2.84. The van der Waals surface area contributed by atoms with Gasteiger partial charge in [0.25, 0.3) is 11.8 Å². The lowest BCUT2D eigenvalue weighted by atomic mass is 9.88. The Labute approximate surface area is 159 Å². The van der Waals surface area contributed by atoms with Gasteiger partial charge in [-0.25, -0.2) is 0 Å². The SMILES string of the molecule is C=CC1=C(C=C)C(=O)N(CC(=O)N2c3ccccc3C(C)=CC2(C)C)C1=O. The zero-order chi connectivity index (χ0) is 19.9. The Morgan fingerprint density at radius 1 is 1.07 bits per heavy atom. The maximum Gasteiger partial charge on any atom is 0.262 e. The van der Waals surface area contributed by atoms with Crippen molar-refractivity contribution >= 4 is 29.0 Å². The van der Waals surface area contributed by atoms with Crippen LogP contribution in [0.3, 0.4) is 0 Å². The van der Waals surface area contributed by atoms with Crippen molar-refractivity contribution in [3.63, 3.8) is 0 Å². The summed E-state index contributed by atoms with van der Waals surface area (Å²) < 4.78 is 0. The van der Waals surface area contributed by atoms with Gasteiger partial charge in [-0.2, -0.15) is 0 Å². The fourth-order valence-electron chi connectivity index (χ4n) is 3.80. The van der Waals surface area contributed by atoms with Crippen molar-refractivity contribution in [2.24, 2.45) is 0 Å².